The zero-order valence-corrected chi connectivity index (χ0v) is 12.3. The fourth-order valence-electron chi connectivity index (χ4n) is 2.47. The van der Waals surface area contributed by atoms with Gasteiger partial charge in [0.1, 0.15) is 0 Å². The van der Waals surface area contributed by atoms with Crippen molar-refractivity contribution < 1.29 is 40.3 Å². The van der Waals surface area contributed by atoms with E-state index in [4.69, 9.17) is 19.5 Å². The van der Waals surface area contributed by atoms with Crippen molar-refractivity contribution in [1.82, 2.24) is 21.1 Å². The molecule has 14 heteroatoms. The van der Waals surface area contributed by atoms with Crippen LogP contribution in [-0.2, 0) is 9.05 Å². The summed E-state index contributed by atoms with van der Waals surface area (Å²) in [7, 11) is -7.21. The molecule has 4 atom stereocenters. The Kier molecular flexibility index (Phi) is 5.51. The summed E-state index contributed by atoms with van der Waals surface area (Å²) in [5, 5.41) is 54.9. The van der Waals surface area contributed by atoms with Crippen LogP contribution in [0, 0.1) is 0 Å². The summed E-state index contributed by atoms with van der Waals surface area (Å²) in [5.41, 5.74) is 1.36. The van der Waals surface area contributed by atoms with Crippen LogP contribution in [0.5, 0.6) is 0 Å². The van der Waals surface area contributed by atoms with E-state index < -0.39 is 28.0 Å². The minimum atomic E-state index is -3.60. The van der Waals surface area contributed by atoms with Crippen molar-refractivity contribution in [3.8, 4) is 0 Å². The first-order valence-electron chi connectivity index (χ1n) is 5.28. The first-order valence-corrected chi connectivity index (χ1v) is 9.56. The average molecular weight is 318 g/mol. The third kappa shape index (κ3) is 2.60. The molecule has 0 radical (unpaired) electrons. The van der Waals surface area contributed by atoms with E-state index in [1.807, 2.05) is 0 Å². The molecule has 0 spiro atoms. The maximum Gasteiger partial charge on any atom is 0.358 e. The Bertz CT molecular complexity index is 285. The average Bonchev–Trinajstić information content (AvgIpc) is 2.54. The number of nitrogens with zero attached hydrogens (tertiary/aromatic N) is 2. The van der Waals surface area contributed by atoms with Crippen LogP contribution in [0.2, 0.25) is 16.7 Å². The lowest BCUT2D eigenvalue weighted by Gasteiger charge is -2.32. The van der Waals surface area contributed by atoms with Crippen LogP contribution < -0.4 is 11.3 Å². The molecule has 0 amide bonds. The van der Waals surface area contributed by atoms with Gasteiger partial charge in [-0.25, -0.2) is 0 Å². The lowest BCUT2D eigenvalue weighted by molar-refractivity contribution is -0.267. The molecular weight excluding hydrogens is 300 g/mol. The highest BCUT2D eigenvalue weighted by atomic mass is 28.4. The Balaban J connectivity index is 3.20. The SMILES string of the molecule is C[C@@H]1[C@H](C)[Si](ONO)(N(O)O)C[Si]1(ONO)N(O)O. The first-order chi connectivity index (χ1) is 8.78. The molecule has 0 aromatic rings. The molecule has 114 valence electrons. The van der Waals surface area contributed by atoms with Gasteiger partial charge in [0, 0.05) is 5.67 Å². The number of nitrogens with one attached hydrogen (secondary N) is 2. The topological polar surface area (TPSA) is 170 Å². The van der Waals surface area contributed by atoms with Gasteiger partial charge in [0.05, 0.1) is 0 Å². The van der Waals surface area contributed by atoms with Gasteiger partial charge in [-0.1, -0.05) is 34.9 Å². The molecule has 0 saturated carbocycles. The Hall–Kier alpha value is -0.0462. The molecule has 0 aromatic heterocycles. The molecule has 0 aromatic carbocycles. The van der Waals surface area contributed by atoms with Crippen molar-refractivity contribution >= 4 is 17.0 Å². The van der Waals surface area contributed by atoms with Crippen molar-refractivity contribution in [1.29, 1.82) is 0 Å². The molecule has 19 heavy (non-hydrogen) atoms. The van der Waals surface area contributed by atoms with Crippen molar-refractivity contribution in [2.45, 2.75) is 30.6 Å². The molecule has 1 aliphatic rings. The van der Waals surface area contributed by atoms with Crippen LogP contribution in [0.25, 0.3) is 0 Å². The largest absolute Gasteiger partial charge is 0.358 e. The minimum Gasteiger partial charge on any atom is -0.298 e. The molecule has 0 bridgehead atoms. The Morgan fingerprint density at radius 1 is 0.895 bits per heavy atom. The molecule has 1 rings (SSSR count). The third-order valence-corrected chi connectivity index (χ3v) is 14.3. The number of hydrogen-bond donors (Lipinski definition) is 8. The maximum absolute atomic E-state index is 9.38. The zero-order chi connectivity index (χ0) is 14.8. The highest BCUT2D eigenvalue weighted by Crippen LogP contribution is 2.53. The Morgan fingerprint density at radius 3 is 1.42 bits per heavy atom. The van der Waals surface area contributed by atoms with E-state index >= 15 is 0 Å². The molecular formula is C5H18N4O8Si2. The van der Waals surface area contributed by atoms with Gasteiger partial charge in [-0.3, -0.25) is 40.3 Å². The minimum absolute atomic E-state index is 0.156. The molecule has 1 saturated heterocycles. The molecule has 1 aliphatic heterocycles. The number of rotatable bonds is 6. The second-order valence-electron chi connectivity index (χ2n) is 4.41. The van der Waals surface area contributed by atoms with Gasteiger partial charge >= 0.3 is 17.0 Å². The van der Waals surface area contributed by atoms with Crippen molar-refractivity contribution in [2.24, 2.45) is 0 Å². The molecule has 1 heterocycles. The van der Waals surface area contributed by atoms with Gasteiger partial charge < -0.3 is 0 Å². The summed E-state index contributed by atoms with van der Waals surface area (Å²) in [6.07, 6.45) is 0. The van der Waals surface area contributed by atoms with E-state index in [-0.39, 0.29) is 15.5 Å². The fraction of sp³-hybridized carbons (Fsp3) is 1.00. The van der Waals surface area contributed by atoms with E-state index in [1.54, 1.807) is 13.8 Å². The van der Waals surface area contributed by atoms with E-state index in [0.717, 1.165) is 0 Å². The van der Waals surface area contributed by atoms with Crippen LogP contribution in [0.4, 0.5) is 0 Å². The van der Waals surface area contributed by atoms with Crippen LogP contribution in [-0.4, -0.2) is 58.0 Å². The summed E-state index contributed by atoms with van der Waals surface area (Å²) >= 11 is 0. The Labute approximate surface area is 110 Å². The lowest BCUT2D eigenvalue weighted by Crippen LogP contribution is -2.61. The smallest absolute Gasteiger partial charge is 0.298 e. The summed E-state index contributed by atoms with van der Waals surface area (Å²) in [6.45, 7) is 3.15. The highest BCUT2D eigenvalue weighted by molar-refractivity contribution is 6.95. The zero-order valence-electron chi connectivity index (χ0n) is 10.3. The Morgan fingerprint density at radius 2 is 1.21 bits per heavy atom. The molecule has 2 unspecified atom stereocenters. The normalized spacial score (nSPS) is 39.5. The van der Waals surface area contributed by atoms with Gasteiger partial charge in [0.15, 0.2) is 0 Å². The number of hydrogen-bond acceptors (Lipinski definition) is 12. The van der Waals surface area contributed by atoms with Crippen molar-refractivity contribution in [2.75, 3.05) is 0 Å². The van der Waals surface area contributed by atoms with Gasteiger partial charge in [-0.15, -0.1) is 0 Å². The summed E-state index contributed by atoms with van der Waals surface area (Å²) in [5.74, 6) is 0. The highest BCUT2D eigenvalue weighted by Gasteiger charge is 2.71. The lowest BCUT2D eigenvalue weighted by atomic mass is 10.4. The van der Waals surface area contributed by atoms with E-state index in [1.165, 1.54) is 11.3 Å². The van der Waals surface area contributed by atoms with Crippen molar-refractivity contribution in [3.63, 3.8) is 0 Å². The van der Waals surface area contributed by atoms with Gasteiger partial charge in [0.25, 0.3) is 0 Å². The molecule has 8 N–H and O–H groups in total. The van der Waals surface area contributed by atoms with Crippen LogP contribution in [0.1, 0.15) is 13.8 Å². The van der Waals surface area contributed by atoms with Crippen molar-refractivity contribution in [3.05, 3.63) is 0 Å². The molecule has 1 fully saturated rings. The standard InChI is InChI=1S/C5H18N4O8Si2/c1-4-5(2)19(9(14)15,17-7-11)3-18(4,8(12)13)16-6-10/h4-7,10-15H,3H2,1-2H3/t4-,5+,18?,19?. The quantitative estimate of drug-likeness (QED) is 0.226. The summed E-state index contributed by atoms with van der Waals surface area (Å²) < 4.78 is 9.71. The van der Waals surface area contributed by atoms with Crippen LogP contribution in [0.3, 0.4) is 0 Å². The van der Waals surface area contributed by atoms with Gasteiger partial charge in [-0.05, 0) is 11.1 Å². The summed E-state index contributed by atoms with van der Waals surface area (Å²) in [6, 6.07) is 0. The summed E-state index contributed by atoms with van der Waals surface area (Å²) in [4.78, 5) is -0.313. The maximum atomic E-state index is 9.38. The van der Waals surface area contributed by atoms with E-state index in [0.29, 0.717) is 0 Å². The second kappa shape index (κ2) is 6.16. The fourth-order valence-corrected chi connectivity index (χ4v) is 14.4. The third-order valence-electron chi connectivity index (χ3n) is 3.80. The van der Waals surface area contributed by atoms with Crippen LogP contribution >= 0.6 is 0 Å². The predicted molar refractivity (Wildman–Crippen MR) is 58.0 cm³/mol. The van der Waals surface area contributed by atoms with Gasteiger partial charge in [0.2, 0.25) is 0 Å². The predicted octanol–water partition coefficient (Wildman–Crippen LogP) is -0.815. The second-order valence-corrected chi connectivity index (χ2v) is 12.2. The van der Waals surface area contributed by atoms with Crippen LogP contribution in [0.15, 0.2) is 0 Å². The molecule has 12 nitrogen and oxygen atoms in total. The first kappa shape index (κ1) is 17.0. The van der Waals surface area contributed by atoms with Gasteiger partial charge in [-0.2, -0.15) is 0 Å². The van der Waals surface area contributed by atoms with E-state index in [2.05, 4.69) is 0 Å². The monoisotopic (exact) mass is 318 g/mol. The van der Waals surface area contributed by atoms with E-state index in [9.17, 15) is 20.8 Å². The molecule has 0 aliphatic carbocycles.